The van der Waals surface area contributed by atoms with Crippen molar-refractivity contribution in [1.82, 2.24) is 24.6 Å². The molecule has 0 atom stereocenters. The third-order valence-corrected chi connectivity index (χ3v) is 4.51. The molecule has 0 radical (unpaired) electrons. The summed E-state index contributed by atoms with van der Waals surface area (Å²) in [5.74, 6) is 0.692. The monoisotopic (exact) mass is 349 g/mol. The molecule has 1 aromatic carbocycles. The van der Waals surface area contributed by atoms with Crippen LogP contribution in [0.15, 0.2) is 48.9 Å². The molecule has 0 aliphatic carbocycles. The Labute approximate surface area is 151 Å². The highest BCUT2D eigenvalue weighted by atomic mass is 16.5. The fourth-order valence-electron chi connectivity index (χ4n) is 3.20. The second-order valence-corrected chi connectivity index (χ2v) is 6.16. The number of hydrogen-bond donors (Lipinski definition) is 0. The predicted molar refractivity (Wildman–Crippen MR) is 94.5 cm³/mol. The molecule has 26 heavy (non-hydrogen) atoms. The molecule has 0 spiro atoms. The average Bonchev–Trinajstić information content (AvgIpc) is 3.02. The topological polar surface area (TPSA) is 73.1 Å². The van der Waals surface area contributed by atoms with Gasteiger partial charge in [0.1, 0.15) is 23.7 Å². The van der Waals surface area contributed by atoms with E-state index in [-0.39, 0.29) is 5.91 Å². The molecule has 7 nitrogen and oxygen atoms in total. The lowest BCUT2D eigenvalue weighted by Crippen LogP contribution is -2.37. The molecule has 3 heterocycles. The summed E-state index contributed by atoms with van der Waals surface area (Å²) < 4.78 is 7.74. The summed E-state index contributed by atoms with van der Waals surface area (Å²) in [7, 11) is 1.94. The Hall–Kier alpha value is -3.22. The molecule has 0 fully saturated rings. The Bertz CT molecular complexity index is 908. The SMILES string of the molecule is Cn1nc(COc2ccccc2)c2c1CCN(C(=O)c1cnccn1)C2. The van der Waals surface area contributed by atoms with Gasteiger partial charge in [0.05, 0.1) is 6.20 Å². The number of nitrogens with zero attached hydrogens (tertiary/aromatic N) is 5. The molecule has 7 heteroatoms. The van der Waals surface area contributed by atoms with Crippen molar-refractivity contribution >= 4 is 5.91 Å². The molecule has 2 aromatic heterocycles. The summed E-state index contributed by atoms with van der Waals surface area (Å²) in [6.07, 6.45) is 5.35. The van der Waals surface area contributed by atoms with Gasteiger partial charge in [-0.05, 0) is 12.1 Å². The highest BCUT2D eigenvalue weighted by Crippen LogP contribution is 2.24. The maximum absolute atomic E-state index is 12.7. The molecule has 0 saturated carbocycles. The van der Waals surface area contributed by atoms with Gasteiger partial charge >= 0.3 is 0 Å². The molecule has 1 aliphatic heterocycles. The van der Waals surface area contributed by atoms with E-state index in [1.807, 2.05) is 42.1 Å². The van der Waals surface area contributed by atoms with Gasteiger partial charge in [0.25, 0.3) is 5.91 Å². The second kappa shape index (κ2) is 6.95. The van der Waals surface area contributed by atoms with E-state index in [1.165, 1.54) is 12.4 Å². The molecule has 1 aliphatic rings. The van der Waals surface area contributed by atoms with E-state index in [1.54, 1.807) is 11.1 Å². The quantitative estimate of drug-likeness (QED) is 0.720. The van der Waals surface area contributed by atoms with Crippen LogP contribution in [0.2, 0.25) is 0 Å². The summed E-state index contributed by atoms with van der Waals surface area (Å²) in [5.41, 5.74) is 3.44. The van der Waals surface area contributed by atoms with Gasteiger partial charge in [-0.1, -0.05) is 18.2 Å². The Morgan fingerprint density at radius 1 is 1.23 bits per heavy atom. The van der Waals surface area contributed by atoms with Gasteiger partial charge in [0.2, 0.25) is 0 Å². The highest BCUT2D eigenvalue weighted by Gasteiger charge is 2.28. The van der Waals surface area contributed by atoms with E-state index < -0.39 is 0 Å². The van der Waals surface area contributed by atoms with Crippen LogP contribution in [-0.4, -0.2) is 37.1 Å². The number of para-hydroxylation sites is 1. The molecule has 4 rings (SSSR count). The maximum atomic E-state index is 12.7. The number of aryl methyl sites for hydroxylation is 1. The van der Waals surface area contributed by atoms with Crippen molar-refractivity contribution in [3.05, 3.63) is 71.6 Å². The number of carbonyl (C=O) groups excluding carboxylic acids is 1. The highest BCUT2D eigenvalue weighted by molar-refractivity contribution is 5.92. The molecular formula is C19H19N5O2. The maximum Gasteiger partial charge on any atom is 0.274 e. The lowest BCUT2D eigenvalue weighted by molar-refractivity contribution is 0.0726. The summed E-state index contributed by atoms with van der Waals surface area (Å²) in [5, 5.41) is 4.60. The first kappa shape index (κ1) is 16.3. The largest absolute Gasteiger partial charge is 0.487 e. The fourth-order valence-corrected chi connectivity index (χ4v) is 3.20. The Morgan fingerprint density at radius 3 is 2.85 bits per heavy atom. The minimum Gasteiger partial charge on any atom is -0.487 e. The molecule has 0 N–H and O–H groups in total. The minimum absolute atomic E-state index is 0.109. The molecule has 1 amide bonds. The van der Waals surface area contributed by atoms with Gasteiger partial charge in [-0.3, -0.25) is 14.5 Å². The normalized spacial score (nSPS) is 13.3. The fraction of sp³-hybridized carbons (Fsp3) is 0.263. The van der Waals surface area contributed by atoms with Gasteiger partial charge in [0, 0.05) is 50.2 Å². The van der Waals surface area contributed by atoms with E-state index in [2.05, 4.69) is 15.1 Å². The number of carbonyl (C=O) groups is 1. The molecular weight excluding hydrogens is 330 g/mol. The molecule has 3 aromatic rings. The van der Waals surface area contributed by atoms with Crippen LogP contribution in [0.4, 0.5) is 0 Å². The van der Waals surface area contributed by atoms with Crippen LogP contribution in [-0.2, 0) is 26.6 Å². The molecule has 0 saturated heterocycles. The number of amides is 1. The minimum atomic E-state index is -0.109. The zero-order chi connectivity index (χ0) is 17.9. The van der Waals surface area contributed by atoms with Crippen molar-refractivity contribution in [2.45, 2.75) is 19.6 Å². The van der Waals surface area contributed by atoms with Gasteiger partial charge in [-0.25, -0.2) is 4.98 Å². The standard InChI is InChI=1S/C19H19N5O2/c1-23-18-7-10-24(19(25)16-11-20-8-9-21-16)12-15(18)17(22-23)13-26-14-5-3-2-4-6-14/h2-6,8-9,11H,7,10,12-13H2,1H3. The first-order valence-corrected chi connectivity index (χ1v) is 8.49. The van der Waals surface area contributed by atoms with Crippen molar-refractivity contribution in [2.75, 3.05) is 6.54 Å². The smallest absolute Gasteiger partial charge is 0.274 e. The second-order valence-electron chi connectivity index (χ2n) is 6.16. The number of benzene rings is 1. The van der Waals surface area contributed by atoms with Crippen molar-refractivity contribution in [2.24, 2.45) is 7.05 Å². The van der Waals surface area contributed by atoms with E-state index in [9.17, 15) is 4.79 Å². The van der Waals surface area contributed by atoms with Crippen molar-refractivity contribution < 1.29 is 9.53 Å². The third-order valence-electron chi connectivity index (χ3n) is 4.51. The van der Waals surface area contributed by atoms with Gasteiger partial charge in [-0.2, -0.15) is 5.10 Å². The lowest BCUT2D eigenvalue weighted by Gasteiger charge is -2.27. The number of hydrogen-bond acceptors (Lipinski definition) is 5. The van der Waals surface area contributed by atoms with Crippen LogP contribution in [0, 0.1) is 0 Å². The van der Waals surface area contributed by atoms with Gasteiger partial charge in [-0.15, -0.1) is 0 Å². The van der Waals surface area contributed by atoms with Crippen molar-refractivity contribution in [3.8, 4) is 5.75 Å². The van der Waals surface area contributed by atoms with Crippen LogP contribution in [0.1, 0.15) is 27.4 Å². The first-order valence-electron chi connectivity index (χ1n) is 8.49. The van der Waals surface area contributed by atoms with Crippen LogP contribution in [0.25, 0.3) is 0 Å². The lowest BCUT2D eigenvalue weighted by atomic mass is 10.0. The van der Waals surface area contributed by atoms with Crippen LogP contribution in [0.5, 0.6) is 5.75 Å². The third kappa shape index (κ3) is 3.15. The van der Waals surface area contributed by atoms with E-state index in [4.69, 9.17) is 4.74 Å². The Balaban J connectivity index is 1.53. The van der Waals surface area contributed by atoms with Crippen LogP contribution < -0.4 is 4.74 Å². The predicted octanol–water partition coefficient (Wildman–Crippen LogP) is 1.99. The van der Waals surface area contributed by atoms with Crippen LogP contribution in [0.3, 0.4) is 0 Å². The summed E-state index contributed by atoms with van der Waals surface area (Å²) in [6.45, 7) is 1.52. The van der Waals surface area contributed by atoms with Gasteiger partial charge in [0.15, 0.2) is 0 Å². The Morgan fingerprint density at radius 2 is 2.08 bits per heavy atom. The summed E-state index contributed by atoms with van der Waals surface area (Å²) in [6, 6.07) is 9.65. The van der Waals surface area contributed by atoms with E-state index >= 15 is 0 Å². The van der Waals surface area contributed by atoms with Gasteiger partial charge < -0.3 is 9.64 Å². The summed E-state index contributed by atoms with van der Waals surface area (Å²) in [4.78, 5) is 22.6. The zero-order valence-corrected chi connectivity index (χ0v) is 14.5. The molecule has 0 bridgehead atoms. The molecule has 0 unspecified atom stereocenters. The average molecular weight is 349 g/mol. The molecule has 132 valence electrons. The number of aromatic nitrogens is 4. The first-order chi connectivity index (χ1) is 12.7. The summed E-state index contributed by atoms with van der Waals surface area (Å²) >= 11 is 0. The Kier molecular flexibility index (Phi) is 4.35. The van der Waals surface area contributed by atoms with Crippen molar-refractivity contribution in [3.63, 3.8) is 0 Å². The van der Waals surface area contributed by atoms with Crippen molar-refractivity contribution in [1.29, 1.82) is 0 Å². The van der Waals surface area contributed by atoms with E-state index in [0.29, 0.717) is 25.4 Å². The van der Waals surface area contributed by atoms with E-state index in [0.717, 1.165) is 29.1 Å². The number of fused-ring (bicyclic) bond motifs is 1. The van der Waals surface area contributed by atoms with Crippen LogP contribution >= 0.6 is 0 Å². The zero-order valence-electron chi connectivity index (χ0n) is 14.5. The number of rotatable bonds is 4. The number of ether oxygens (including phenoxy) is 1.